The molecule has 0 fully saturated rings. The van der Waals surface area contributed by atoms with Gasteiger partial charge >= 0.3 is 6.01 Å². The van der Waals surface area contributed by atoms with Gasteiger partial charge in [-0.3, -0.25) is 5.10 Å². The van der Waals surface area contributed by atoms with E-state index in [1.807, 2.05) is 37.0 Å². The van der Waals surface area contributed by atoms with Gasteiger partial charge in [0.15, 0.2) is 11.6 Å². The maximum absolute atomic E-state index is 5.03. The molecule has 0 bridgehead atoms. The Hall–Kier alpha value is -4.28. The predicted molar refractivity (Wildman–Crippen MR) is 109 cm³/mol. The molecule has 0 aliphatic heterocycles. The molecule has 2 N–H and O–H groups in total. The molecular formula is C19H18N10O. The van der Waals surface area contributed by atoms with Crippen molar-refractivity contribution in [3.8, 4) is 28.9 Å². The molecule has 0 radical (unpaired) electrons. The summed E-state index contributed by atoms with van der Waals surface area (Å²) in [6.45, 7) is 2.02. The van der Waals surface area contributed by atoms with Crippen molar-refractivity contribution in [1.29, 1.82) is 0 Å². The van der Waals surface area contributed by atoms with Crippen LogP contribution in [0.15, 0.2) is 43.2 Å². The van der Waals surface area contributed by atoms with E-state index in [-0.39, 0.29) is 0 Å². The van der Waals surface area contributed by atoms with Gasteiger partial charge in [-0.25, -0.2) is 24.5 Å². The normalized spacial score (nSPS) is 11.2. The molecule has 0 unspecified atom stereocenters. The molecule has 30 heavy (non-hydrogen) atoms. The molecule has 150 valence electrons. The third-order valence-electron chi connectivity index (χ3n) is 4.77. The second-order valence-corrected chi connectivity index (χ2v) is 6.66. The van der Waals surface area contributed by atoms with Crippen LogP contribution in [0.1, 0.15) is 5.56 Å². The molecule has 0 saturated heterocycles. The standard InChI is InChI=1S/C19H18N10O/c1-11-13(14-4-5-23-26-14)10-29-15(11)16(24-12-8-21-19(30-3)22-9-12)25-17(27-29)18-20-6-7-28(18)2/h4-10H,1-3H3,(H,23,26)(H,24,25,27). The van der Waals surface area contributed by atoms with E-state index in [0.717, 1.165) is 22.3 Å². The number of methoxy groups -OCH3 is 1. The van der Waals surface area contributed by atoms with Gasteiger partial charge in [0.25, 0.3) is 0 Å². The fraction of sp³-hybridized carbons (Fsp3) is 0.158. The molecule has 0 aliphatic carbocycles. The van der Waals surface area contributed by atoms with E-state index < -0.39 is 0 Å². The van der Waals surface area contributed by atoms with E-state index in [4.69, 9.17) is 14.8 Å². The summed E-state index contributed by atoms with van der Waals surface area (Å²) in [5.41, 5.74) is 4.38. The lowest BCUT2D eigenvalue weighted by Crippen LogP contribution is -2.06. The van der Waals surface area contributed by atoms with Crippen molar-refractivity contribution in [1.82, 2.24) is 44.3 Å². The van der Waals surface area contributed by atoms with E-state index in [2.05, 4.69) is 30.5 Å². The van der Waals surface area contributed by atoms with E-state index in [1.165, 1.54) is 7.11 Å². The number of imidazole rings is 1. The molecule has 0 amide bonds. The fourth-order valence-electron chi connectivity index (χ4n) is 3.29. The van der Waals surface area contributed by atoms with Crippen LogP contribution >= 0.6 is 0 Å². The first-order chi connectivity index (χ1) is 14.6. The van der Waals surface area contributed by atoms with E-state index in [9.17, 15) is 0 Å². The highest BCUT2D eigenvalue weighted by atomic mass is 16.5. The number of anilines is 2. The second kappa shape index (κ2) is 6.95. The largest absolute Gasteiger partial charge is 0.467 e. The Bertz CT molecular complexity index is 1320. The van der Waals surface area contributed by atoms with Crippen molar-refractivity contribution >= 4 is 17.0 Å². The van der Waals surface area contributed by atoms with Crippen molar-refractivity contribution in [3.05, 3.63) is 48.8 Å². The van der Waals surface area contributed by atoms with Crippen LogP contribution in [0.25, 0.3) is 28.4 Å². The molecule has 5 aromatic heterocycles. The zero-order valence-corrected chi connectivity index (χ0v) is 16.5. The Kier molecular flexibility index (Phi) is 4.12. The van der Waals surface area contributed by atoms with Gasteiger partial charge in [-0.2, -0.15) is 5.10 Å². The SMILES string of the molecule is COc1ncc(Nc2nc(-c3nccn3C)nn3cc(-c4ccn[nH]4)c(C)c23)cn1. The van der Waals surface area contributed by atoms with Gasteiger partial charge in [-0.1, -0.05) is 0 Å². The van der Waals surface area contributed by atoms with Crippen molar-refractivity contribution in [2.45, 2.75) is 6.92 Å². The Balaban J connectivity index is 1.70. The average Bonchev–Trinajstić information content (AvgIpc) is 3.49. The van der Waals surface area contributed by atoms with Crippen molar-refractivity contribution in [2.75, 3.05) is 12.4 Å². The molecule has 5 aromatic rings. The highest BCUT2D eigenvalue weighted by Crippen LogP contribution is 2.32. The quantitative estimate of drug-likeness (QED) is 0.459. The minimum Gasteiger partial charge on any atom is -0.467 e. The van der Waals surface area contributed by atoms with Crippen molar-refractivity contribution in [3.63, 3.8) is 0 Å². The minimum atomic E-state index is 0.294. The molecule has 5 rings (SSSR count). The van der Waals surface area contributed by atoms with Gasteiger partial charge < -0.3 is 14.6 Å². The summed E-state index contributed by atoms with van der Waals surface area (Å²) in [6.07, 6.45) is 10.5. The second-order valence-electron chi connectivity index (χ2n) is 6.66. The van der Waals surface area contributed by atoms with Crippen molar-refractivity contribution in [2.24, 2.45) is 7.05 Å². The van der Waals surface area contributed by atoms with Crippen LogP contribution in [0.2, 0.25) is 0 Å². The molecule has 5 heterocycles. The van der Waals surface area contributed by atoms with Crippen LogP contribution < -0.4 is 10.1 Å². The number of ether oxygens (including phenoxy) is 1. The summed E-state index contributed by atoms with van der Waals surface area (Å²) in [4.78, 5) is 17.4. The van der Waals surface area contributed by atoms with Crippen LogP contribution in [-0.4, -0.2) is 51.4 Å². The molecule has 0 aliphatic rings. The first kappa shape index (κ1) is 17.8. The molecule has 0 aromatic carbocycles. The third kappa shape index (κ3) is 2.92. The number of fused-ring (bicyclic) bond motifs is 1. The zero-order chi connectivity index (χ0) is 20.7. The van der Waals surface area contributed by atoms with E-state index >= 15 is 0 Å². The summed E-state index contributed by atoms with van der Waals surface area (Å²) >= 11 is 0. The summed E-state index contributed by atoms with van der Waals surface area (Å²) in [5.74, 6) is 1.75. The smallest absolute Gasteiger partial charge is 0.316 e. The number of nitrogens with one attached hydrogen (secondary N) is 2. The molecular weight excluding hydrogens is 384 g/mol. The Morgan fingerprint density at radius 3 is 2.63 bits per heavy atom. The number of hydrogen-bond donors (Lipinski definition) is 2. The number of H-pyrrole nitrogens is 1. The number of rotatable bonds is 5. The highest BCUT2D eigenvalue weighted by molar-refractivity contribution is 5.84. The van der Waals surface area contributed by atoms with Gasteiger partial charge in [0.2, 0.25) is 5.82 Å². The third-order valence-corrected chi connectivity index (χ3v) is 4.77. The molecule has 0 spiro atoms. The van der Waals surface area contributed by atoms with Crippen LogP contribution in [0.3, 0.4) is 0 Å². The number of aromatic amines is 1. The Morgan fingerprint density at radius 1 is 1.13 bits per heavy atom. The zero-order valence-electron chi connectivity index (χ0n) is 16.5. The first-order valence-electron chi connectivity index (χ1n) is 9.14. The van der Waals surface area contributed by atoms with Crippen LogP contribution in [-0.2, 0) is 7.05 Å². The summed E-state index contributed by atoms with van der Waals surface area (Å²) in [6, 6.07) is 2.21. The maximum atomic E-state index is 5.03. The molecule has 0 atom stereocenters. The van der Waals surface area contributed by atoms with Gasteiger partial charge in [0.1, 0.15) is 5.52 Å². The van der Waals surface area contributed by atoms with Gasteiger partial charge in [0.05, 0.1) is 30.9 Å². The van der Waals surface area contributed by atoms with Crippen LogP contribution in [0, 0.1) is 6.92 Å². The topological polar surface area (TPSA) is 124 Å². The van der Waals surface area contributed by atoms with Crippen molar-refractivity contribution < 1.29 is 4.74 Å². The maximum Gasteiger partial charge on any atom is 0.316 e. The van der Waals surface area contributed by atoms with Gasteiger partial charge in [0, 0.05) is 37.4 Å². The summed E-state index contributed by atoms with van der Waals surface area (Å²) in [5, 5.41) is 15.1. The number of aromatic nitrogens is 9. The minimum absolute atomic E-state index is 0.294. The van der Waals surface area contributed by atoms with E-state index in [1.54, 1.807) is 29.3 Å². The summed E-state index contributed by atoms with van der Waals surface area (Å²) in [7, 11) is 3.42. The highest BCUT2D eigenvalue weighted by Gasteiger charge is 2.19. The number of nitrogens with zero attached hydrogens (tertiary/aromatic N) is 8. The Morgan fingerprint density at radius 2 is 1.97 bits per heavy atom. The Labute approximate surface area is 170 Å². The molecule has 0 saturated carbocycles. The predicted octanol–water partition coefficient (Wildman–Crippen LogP) is 2.37. The lowest BCUT2D eigenvalue weighted by Gasteiger charge is -2.10. The van der Waals surface area contributed by atoms with Gasteiger partial charge in [-0.05, 0) is 18.6 Å². The molecule has 11 nitrogen and oxygen atoms in total. The first-order valence-corrected chi connectivity index (χ1v) is 9.14. The van der Waals surface area contributed by atoms with Crippen LogP contribution in [0.5, 0.6) is 6.01 Å². The number of hydrogen-bond acceptors (Lipinski definition) is 8. The lowest BCUT2D eigenvalue weighted by molar-refractivity contribution is 0.380. The average molecular weight is 402 g/mol. The lowest BCUT2D eigenvalue weighted by atomic mass is 10.1. The fourth-order valence-corrected chi connectivity index (χ4v) is 3.29. The van der Waals surface area contributed by atoms with Crippen LogP contribution in [0.4, 0.5) is 11.5 Å². The van der Waals surface area contributed by atoms with Gasteiger partial charge in [-0.15, -0.1) is 5.10 Å². The van der Waals surface area contributed by atoms with E-state index in [0.29, 0.717) is 29.2 Å². The molecule has 11 heteroatoms. The summed E-state index contributed by atoms with van der Waals surface area (Å²) < 4.78 is 8.70. The monoisotopic (exact) mass is 402 g/mol. The number of aryl methyl sites for hydroxylation is 2.